The van der Waals surface area contributed by atoms with Crippen LogP contribution in [0.2, 0.25) is 0 Å². The molecule has 1 unspecified atom stereocenters. The Kier molecular flexibility index (Phi) is 3.94. The van der Waals surface area contributed by atoms with Gasteiger partial charge in [0.1, 0.15) is 0 Å². The molecule has 2 aromatic rings. The molecule has 0 spiro atoms. The van der Waals surface area contributed by atoms with E-state index in [9.17, 15) is 0 Å². The van der Waals surface area contributed by atoms with E-state index in [-0.39, 0.29) is 4.83 Å². The number of hydrogen-bond acceptors (Lipinski definition) is 3. The minimum Gasteiger partial charge on any atom is -0.424 e. The summed E-state index contributed by atoms with van der Waals surface area (Å²) in [5, 5.41) is 8.12. The van der Waals surface area contributed by atoms with Gasteiger partial charge >= 0.3 is 0 Å². The third kappa shape index (κ3) is 2.94. The standard InChI is InChI=1S/C13H15BrN2O/c1-3-11(14)13-16-15-12(17-13)8-10-7-5-4-6-9(10)2/h4-7,11H,3,8H2,1-2H3. The summed E-state index contributed by atoms with van der Waals surface area (Å²) in [4.78, 5) is 0.153. The van der Waals surface area contributed by atoms with Gasteiger partial charge in [-0.05, 0) is 24.5 Å². The van der Waals surface area contributed by atoms with Gasteiger partial charge in [0.25, 0.3) is 0 Å². The van der Waals surface area contributed by atoms with E-state index in [0.29, 0.717) is 18.2 Å². The maximum absolute atomic E-state index is 5.63. The molecule has 1 aromatic heterocycles. The number of nitrogens with zero attached hydrogens (tertiary/aromatic N) is 2. The summed E-state index contributed by atoms with van der Waals surface area (Å²) in [5.74, 6) is 1.34. The van der Waals surface area contributed by atoms with E-state index < -0.39 is 0 Å². The Bertz CT molecular complexity index is 496. The molecule has 0 aliphatic carbocycles. The lowest BCUT2D eigenvalue weighted by Crippen LogP contribution is -1.91. The van der Waals surface area contributed by atoms with Gasteiger partial charge in [-0.25, -0.2) is 0 Å². The monoisotopic (exact) mass is 294 g/mol. The normalized spacial score (nSPS) is 12.6. The third-order valence-corrected chi connectivity index (χ3v) is 3.75. The Morgan fingerprint density at radius 3 is 2.76 bits per heavy atom. The second-order valence-corrected chi connectivity index (χ2v) is 5.12. The van der Waals surface area contributed by atoms with E-state index >= 15 is 0 Å². The summed E-state index contributed by atoms with van der Waals surface area (Å²) in [6, 6.07) is 8.24. The molecule has 0 aliphatic rings. The number of hydrogen-bond donors (Lipinski definition) is 0. The molecule has 1 heterocycles. The van der Waals surface area contributed by atoms with Crippen molar-refractivity contribution in [2.45, 2.75) is 31.5 Å². The predicted octanol–water partition coefficient (Wildman–Crippen LogP) is 3.81. The van der Waals surface area contributed by atoms with Gasteiger partial charge in [-0.15, -0.1) is 10.2 Å². The van der Waals surface area contributed by atoms with Crippen molar-refractivity contribution in [2.75, 3.05) is 0 Å². The van der Waals surface area contributed by atoms with Gasteiger partial charge in [0.2, 0.25) is 11.8 Å². The van der Waals surface area contributed by atoms with Crippen LogP contribution in [0.1, 0.15) is 41.1 Å². The molecule has 17 heavy (non-hydrogen) atoms. The van der Waals surface area contributed by atoms with Crippen molar-refractivity contribution in [2.24, 2.45) is 0 Å². The van der Waals surface area contributed by atoms with Crippen LogP contribution < -0.4 is 0 Å². The van der Waals surface area contributed by atoms with Gasteiger partial charge in [0, 0.05) is 0 Å². The molecular weight excluding hydrogens is 280 g/mol. The van der Waals surface area contributed by atoms with Crippen molar-refractivity contribution in [1.82, 2.24) is 10.2 Å². The largest absolute Gasteiger partial charge is 0.424 e. The first-order valence-electron chi connectivity index (χ1n) is 5.71. The van der Waals surface area contributed by atoms with Crippen LogP contribution in [0.15, 0.2) is 28.7 Å². The van der Waals surface area contributed by atoms with Crippen molar-refractivity contribution in [3.63, 3.8) is 0 Å². The molecule has 0 amide bonds. The van der Waals surface area contributed by atoms with E-state index in [2.05, 4.69) is 52.1 Å². The Morgan fingerprint density at radius 1 is 1.29 bits per heavy atom. The van der Waals surface area contributed by atoms with E-state index in [1.165, 1.54) is 11.1 Å². The third-order valence-electron chi connectivity index (χ3n) is 2.71. The summed E-state index contributed by atoms with van der Waals surface area (Å²) in [6.45, 7) is 4.16. The molecule has 0 aliphatic heterocycles. The fourth-order valence-electron chi connectivity index (χ4n) is 1.61. The molecule has 0 saturated carbocycles. The molecule has 1 atom stereocenters. The van der Waals surface area contributed by atoms with E-state index in [1.54, 1.807) is 0 Å². The van der Waals surface area contributed by atoms with Gasteiger partial charge in [-0.3, -0.25) is 0 Å². The molecule has 0 N–H and O–H groups in total. The lowest BCUT2D eigenvalue weighted by atomic mass is 10.1. The van der Waals surface area contributed by atoms with Gasteiger partial charge < -0.3 is 4.42 Å². The Labute approximate surface area is 109 Å². The highest BCUT2D eigenvalue weighted by Crippen LogP contribution is 2.25. The van der Waals surface area contributed by atoms with E-state index in [0.717, 1.165) is 6.42 Å². The van der Waals surface area contributed by atoms with Crippen molar-refractivity contribution in [1.29, 1.82) is 0 Å². The second-order valence-electron chi connectivity index (χ2n) is 4.01. The molecule has 1 aromatic carbocycles. The smallest absolute Gasteiger partial charge is 0.230 e. The Hall–Kier alpha value is -1.16. The topological polar surface area (TPSA) is 38.9 Å². The maximum atomic E-state index is 5.63. The molecule has 0 fully saturated rings. The quantitative estimate of drug-likeness (QED) is 0.805. The molecule has 3 nitrogen and oxygen atoms in total. The highest BCUT2D eigenvalue weighted by atomic mass is 79.9. The first-order valence-corrected chi connectivity index (χ1v) is 6.63. The predicted molar refractivity (Wildman–Crippen MR) is 70.2 cm³/mol. The number of benzene rings is 1. The van der Waals surface area contributed by atoms with Gasteiger partial charge in [-0.2, -0.15) is 0 Å². The minimum absolute atomic E-state index is 0.153. The van der Waals surface area contributed by atoms with Crippen LogP contribution >= 0.6 is 15.9 Å². The zero-order valence-electron chi connectivity index (χ0n) is 9.98. The van der Waals surface area contributed by atoms with Crippen LogP contribution in [0.3, 0.4) is 0 Å². The number of aromatic nitrogens is 2. The molecule has 0 bridgehead atoms. The van der Waals surface area contributed by atoms with E-state index in [1.807, 2.05) is 12.1 Å². The van der Waals surface area contributed by atoms with Gasteiger partial charge in [0.05, 0.1) is 11.2 Å². The zero-order valence-corrected chi connectivity index (χ0v) is 11.6. The van der Waals surface area contributed by atoms with Gasteiger partial charge in [-0.1, -0.05) is 47.1 Å². The number of aryl methyl sites for hydroxylation is 1. The maximum Gasteiger partial charge on any atom is 0.230 e. The highest BCUT2D eigenvalue weighted by Gasteiger charge is 2.14. The SMILES string of the molecule is CCC(Br)c1nnc(Cc2ccccc2C)o1. The van der Waals surface area contributed by atoms with Crippen molar-refractivity contribution in [3.8, 4) is 0 Å². The van der Waals surface area contributed by atoms with Crippen LogP contribution in [0.5, 0.6) is 0 Å². The summed E-state index contributed by atoms with van der Waals surface area (Å²) < 4.78 is 5.63. The van der Waals surface area contributed by atoms with Gasteiger partial charge in [0.15, 0.2) is 0 Å². The lowest BCUT2D eigenvalue weighted by molar-refractivity contribution is 0.453. The molecule has 4 heteroatoms. The average Bonchev–Trinajstić information content (AvgIpc) is 2.80. The summed E-state index contributed by atoms with van der Waals surface area (Å²) in [6.07, 6.45) is 1.63. The van der Waals surface area contributed by atoms with E-state index in [4.69, 9.17) is 4.42 Å². The Morgan fingerprint density at radius 2 is 2.06 bits per heavy atom. The minimum atomic E-state index is 0.153. The first-order chi connectivity index (χ1) is 8.20. The second kappa shape index (κ2) is 5.45. The van der Waals surface area contributed by atoms with Crippen molar-refractivity contribution < 1.29 is 4.42 Å². The fourth-order valence-corrected chi connectivity index (χ4v) is 1.80. The zero-order chi connectivity index (χ0) is 12.3. The van der Waals surface area contributed by atoms with Crippen LogP contribution in [-0.4, -0.2) is 10.2 Å². The van der Waals surface area contributed by atoms with Crippen LogP contribution in [0, 0.1) is 6.92 Å². The van der Waals surface area contributed by atoms with Crippen LogP contribution in [0.4, 0.5) is 0 Å². The lowest BCUT2D eigenvalue weighted by Gasteiger charge is -2.01. The number of halogens is 1. The summed E-state index contributed by atoms with van der Waals surface area (Å²) in [7, 11) is 0. The molecule has 0 radical (unpaired) electrons. The fraction of sp³-hybridized carbons (Fsp3) is 0.385. The van der Waals surface area contributed by atoms with Crippen molar-refractivity contribution >= 4 is 15.9 Å². The number of alkyl halides is 1. The molecule has 0 saturated heterocycles. The van der Waals surface area contributed by atoms with Crippen LogP contribution in [-0.2, 0) is 6.42 Å². The molecule has 90 valence electrons. The Balaban J connectivity index is 2.14. The first kappa shape index (κ1) is 12.3. The molecule has 2 rings (SSSR count). The van der Waals surface area contributed by atoms with Crippen LogP contribution in [0.25, 0.3) is 0 Å². The van der Waals surface area contributed by atoms with Crippen molar-refractivity contribution in [3.05, 3.63) is 47.2 Å². The summed E-state index contributed by atoms with van der Waals surface area (Å²) in [5.41, 5.74) is 2.48. The number of rotatable bonds is 4. The summed E-state index contributed by atoms with van der Waals surface area (Å²) >= 11 is 3.50. The molecular formula is C13H15BrN2O. The highest BCUT2D eigenvalue weighted by molar-refractivity contribution is 9.09. The average molecular weight is 295 g/mol.